The standard InChI is InChI=1S/C16H17N3O/c1-2-4-16-14(3-1)15(7-17-16)12-5-6-19(8-12)9-13-10-20-11-18-13/h1-4,7,10-12,17H,5-6,8-9H2/t12-/m0/s1. The molecule has 2 aromatic heterocycles. The second kappa shape index (κ2) is 4.80. The van der Waals surface area contributed by atoms with Gasteiger partial charge in [0.25, 0.3) is 0 Å². The van der Waals surface area contributed by atoms with Crippen LogP contribution in [0, 0.1) is 0 Å². The molecule has 0 unspecified atom stereocenters. The summed E-state index contributed by atoms with van der Waals surface area (Å²) in [5.74, 6) is 0.609. The number of likely N-dealkylation sites (tertiary alicyclic amines) is 1. The molecule has 3 heterocycles. The maximum Gasteiger partial charge on any atom is 0.180 e. The highest BCUT2D eigenvalue weighted by Gasteiger charge is 2.26. The molecule has 4 rings (SSSR count). The smallest absolute Gasteiger partial charge is 0.180 e. The second-order valence-corrected chi connectivity index (χ2v) is 5.49. The van der Waals surface area contributed by atoms with Crippen molar-refractivity contribution >= 4 is 10.9 Å². The number of rotatable bonds is 3. The van der Waals surface area contributed by atoms with Crippen molar-refractivity contribution < 1.29 is 4.42 Å². The zero-order valence-electron chi connectivity index (χ0n) is 11.2. The molecule has 1 saturated heterocycles. The van der Waals surface area contributed by atoms with Gasteiger partial charge in [-0.15, -0.1) is 0 Å². The predicted octanol–water partition coefficient (Wildman–Crippen LogP) is 3.15. The molecule has 4 nitrogen and oxygen atoms in total. The van der Waals surface area contributed by atoms with Crippen LogP contribution in [0.5, 0.6) is 0 Å². The fourth-order valence-electron chi connectivity index (χ4n) is 3.21. The fourth-order valence-corrected chi connectivity index (χ4v) is 3.21. The molecule has 0 spiro atoms. The van der Waals surface area contributed by atoms with E-state index in [1.54, 1.807) is 6.26 Å². The molecular formula is C16H17N3O. The van der Waals surface area contributed by atoms with Gasteiger partial charge < -0.3 is 9.40 Å². The largest absolute Gasteiger partial charge is 0.451 e. The number of fused-ring (bicyclic) bond motifs is 1. The zero-order chi connectivity index (χ0) is 13.4. The Morgan fingerprint density at radius 1 is 1.35 bits per heavy atom. The first-order valence-corrected chi connectivity index (χ1v) is 7.05. The van der Waals surface area contributed by atoms with Crippen LogP contribution in [0.15, 0.2) is 47.5 Å². The fraction of sp³-hybridized carbons (Fsp3) is 0.312. The summed E-state index contributed by atoms with van der Waals surface area (Å²) < 4.78 is 5.04. The minimum Gasteiger partial charge on any atom is -0.451 e. The van der Waals surface area contributed by atoms with Crippen LogP contribution >= 0.6 is 0 Å². The number of oxazole rings is 1. The average molecular weight is 267 g/mol. The van der Waals surface area contributed by atoms with E-state index in [0.717, 1.165) is 25.3 Å². The van der Waals surface area contributed by atoms with Crippen molar-refractivity contribution in [2.75, 3.05) is 13.1 Å². The molecule has 1 N–H and O–H groups in total. The van der Waals surface area contributed by atoms with Crippen molar-refractivity contribution in [1.82, 2.24) is 14.9 Å². The highest BCUT2D eigenvalue weighted by molar-refractivity contribution is 5.83. The Morgan fingerprint density at radius 2 is 2.30 bits per heavy atom. The van der Waals surface area contributed by atoms with Crippen molar-refractivity contribution in [3.8, 4) is 0 Å². The summed E-state index contributed by atoms with van der Waals surface area (Å²) in [5, 5.41) is 1.36. The van der Waals surface area contributed by atoms with E-state index in [1.165, 1.54) is 29.3 Å². The van der Waals surface area contributed by atoms with E-state index in [9.17, 15) is 0 Å². The van der Waals surface area contributed by atoms with E-state index in [-0.39, 0.29) is 0 Å². The Morgan fingerprint density at radius 3 is 3.20 bits per heavy atom. The minimum absolute atomic E-state index is 0.609. The molecule has 102 valence electrons. The van der Waals surface area contributed by atoms with Gasteiger partial charge in [-0.25, -0.2) is 4.98 Å². The lowest BCUT2D eigenvalue weighted by molar-refractivity contribution is 0.322. The molecule has 0 radical (unpaired) electrons. The maximum atomic E-state index is 5.04. The lowest BCUT2D eigenvalue weighted by atomic mass is 9.98. The Bertz CT molecular complexity index is 701. The van der Waals surface area contributed by atoms with Gasteiger partial charge in [-0.2, -0.15) is 0 Å². The molecular weight excluding hydrogens is 250 g/mol. The first kappa shape index (κ1) is 11.7. The number of nitrogens with one attached hydrogen (secondary N) is 1. The third-order valence-electron chi connectivity index (χ3n) is 4.20. The molecule has 1 aliphatic rings. The van der Waals surface area contributed by atoms with Gasteiger partial charge in [0.1, 0.15) is 6.26 Å². The van der Waals surface area contributed by atoms with Crippen LogP contribution in [0.4, 0.5) is 0 Å². The molecule has 4 heteroatoms. The monoisotopic (exact) mass is 267 g/mol. The maximum absolute atomic E-state index is 5.04. The van der Waals surface area contributed by atoms with Gasteiger partial charge in [-0.05, 0) is 30.5 Å². The van der Waals surface area contributed by atoms with Crippen molar-refractivity contribution in [2.45, 2.75) is 18.9 Å². The van der Waals surface area contributed by atoms with Crippen LogP contribution in [0.25, 0.3) is 10.9 Å². The second-order valence-electron chi connectivity index (χ2n) is 5.49. The lowest BCUT2D eigenvalue weighted by Crippen LogP contribution is -2.19. The Balaban J connectivity index is 1.53. The van der Waals surface area contributed by atoms with Gasteiger partial charge in [-0.1, -0.05) is 18.2 Å². The number of aromatic amines is 1. The summed E-state index contributed by atoms with van der Waals surface area (Å²) in [6.07, 6.45) is 6.62. The molecule has 1 atom stereocenters. The first-order chi connectivity index (χ1) is 9.90. The van der Waals surface area contributed by atoms with E-state index >= 15 is 0 Å². The van der Waals surface area contributed by atoms with Crippen molar-refractivity contribution in [3.05, 3.63) is 54.4 Å². The molecule has 1 fully saturated rings. The molecule has 1 aromatic carbocycles. The van der Waals surface area contributed by atoms with Crippen LogP contribution < -0.4 is 0 Å². The van der Waals surface area contributed by atoms with Crippen molar-refractivity contribution in [2.24, 2.45) is 0 Å². The van der Waals surface area contributed by atoms with Crippen LogP contribution in [-0.2, 0) is 6.54 Å². The van der Waals surface area contributed by atoms with E-state index < -0.39 is 0 Å². The van der Waals surface area contributed by atoms with E-state index in [1.807, 2.05) is 0 Å². The summed E-state index contributed by atoms with van der Waals surface area (Å²) in [6.45, 7) is 3.10. The number of hydrogen-bond donors (Lipinski definition) is 1. The quantitative estimate of drug-likeness (QED) is 0.793. The zero-order valence-corrected chi connectivity index (χ0v) is 11.2. The number of hydrogen-bond acceptors (Lipinski definition) is 3. The molecule has 0 saturated carbocycles. The van der Waals surface area contributed by atoms with Gasteiger partial charge in [0, 0.05) is 30.2 Å². The normalized spacial score (nSPS) is 19.9. The Labute approximate surface area is 117 Å². The van der Waals surface area contributed by atoms with Gasteiger partial charge in [0.15, 0.2) is 6.39 Å². The SMILES string of the molecule is c1ccc2c([C@H]3CCN(Cc4cocn4)C3)c[nH]c2c1. The third kappa shape index (κ3) is 2.02. The van der Waals surface area contributed by atoms with Crippen molar-refractivity contribution in [1.29, 1.82) is 0 Å². The molecule has 3 aromatic rings. The first-order valence-electron chi connectivity index (χ1n) is 7.05. The number of para-hydroxylation sites is 1. The molecule has 20 heavy (non-hydrogen) atoms. The van der Waals surface area contributed by atoms with Crippen LogP contribution in [0.1, 0.15) is 23.6 Å². The summed E-state index contributed by atoms with van der Waals surface area (Å²) in [4.78, 5) is 10.0. The Hall–Kier alpha value is -2.07. The predicted molar refractivity (Wildman–Crippen MR) is 77.4 cm³/mol. The molecule has 1 aliphatic heterocycles. The van der Waals surface area contributed by atoms with Crippen LogP contribution in [0.2, 0.25) is 0 Å². The van der Waals surface area contributed by atoms with E-state index in [0.29, 0.717) is 5.92 Å². The van der Waals surface area contributed by atoms with E-state index in [2.05, 4.69) is 45.3 Å². The molecule has 0 aliphatic carbocycles. The minimum atomic E-state index is 0.609. The van der Waals surface area contributed by atoms with Gasteiger partial charge in [-0.3, -0.25) is 4.90 Å². The third-order valence-corrected chi connectivity index (χ3v) is 4.20. The molecule has 0 bridgehead atoms. The van der Waals surface area contributed by atoms with Crippen molar-refractivity contribution in [3.63, 3.8) is 0 Å². The topological polar surface area (TPSA) is 45.1 Å². The molecule has 0 amide bonds. The average Bonchev–Trinajstić information content (AvgIpc) is 3.18. The Kier molecular flexibility index (Phi) is 2.81. The van der Waals surface area contributed by atoms with Gasteiger partial charge in [0.2, 0.25) is 0 Å². The number of H-pyrrole nitrogens is 1. The highest BCUT2D eigenvalue weighted by Crippen LogP contribution is 2.32. The summed E-state index contributed by atoms with van der Waals surface area (Å²) in [6, 6.07) is 8.54. The van der Waals surface area contributed by atoms with E-state index in [4.69, 9.17) is 4.42 Å². The highest BCUT2D eigenvalue weighted by atomic mass is 16.3. The van der Waals surface area contributed by atoms with Crippen LogP contribution in [-0.4, -0.2) is 28.0 Å². The van der Waals surface area contributed by atoms with Crippen LogP contribution in [0.3, 0.4) is 0 Å². The number of nitrogens with zero attached hydrogens (tertiary/aromatic N) is 2. The van der Waals surface area contributed by atoms with Gasteiger partial charge >= 0.3 is 0 Å². The van der Waals surface area contributed by atoms with Gasteiger partial charge in [0.05, 0.1) is 5.69 Å². The number of aromatic nitrogens is 2. The summed E-state index contributed by atoms with van der Waals surface area (Å²) >= 11 is 0. The summed E-state index contributed by atoms with van der Waals surface area (Å²) in [5.41, 5.74) is 3.70. The number of benzene rings is 1. The lowest BCUT2D eigenvalue weighted by Gasteiger charge is -2.14. The summed E-state index contributed by atoms with van der Waals surface area (Å²) in [7, 11) is 0.